The molecule has 0 saturated carbocycles. The van der Waals surface area contributed by atoms with Gasteiger partial charge in [0, 0.05) is 6.54 Å². The van der Waals surface area contributed by atoms with Crippen LogP contribution < -0.4 is 10.6 Å². The van der Waals surface area contributed by atoms with Gasteiger partial charge in [0.1, 0.15) is 0 Å². The molecule has 102 valence electrons. The lowest BCUT2D eigenvalue weighted by Crippen LogP contribution is -2.43. The zero-order valence-corrected chi connectivity index (χ0v) is 12.5. The van der Waals surface area contributed by atoms with Crippen molar-refractivity contribution >= 4 is 17.7 Å². The standard InChI is InChI=1S/C13H28N2OS/c1-11(2)7-9-15-13(16)12(3)14-8-5-6-10-17-4/h11-12,14H,5-10H2,1-4H3,(H,15,16). The summed E-state index contributed by atoms with van der Waals surface area (Å²) >= 11 is 1.87. The molecule has 0 aliphatic rings. The van der Waals surface area contributed by atoms with Crippen molar-refractivity contribution in [3.8, 4) is 0 Å². The van der Waals surface area contributed by atoms with E-state index in [1.165, 1.54) is 12.2 Å². The van der Waals surface area contributed by atoms with E-state index in [9.17, 15) is 4.79 Å². The van der Waals surface area contributed by atoms with Crippen LogP contribution in [0.3, 0.4) is 0 Å². The molecule has 0 aromatic heterocycles. The molecule has 0 fully saturated rings. The van der Waals surface area contributed by atoms with Crippen molar-refractivity contribution in [1.82, 2.24) is 10.6 Å². The van der Waals surface area contributed by atoms with Gasteiger partial charge in [-0.3, -0.25) is 4.79 Å². The number of carbonyl (C=O) groups is 1. The minimum Gasteiger partial charge on any atom is -0.355 e. The molecule has 0 spiro atoms. The van der Waals surface area contributed by atoms with Gasteiger partial charge in [0.25, 0.3) is 0 Å². The fourth-order valence-electron chi connectivity index (χ4n) is 1.42. The maximum absolute atomic E-state index is 11.7. The minimum absolute atomic E-state index is 0.0727. The van der Waals surface area contributed by atoms with Crippen LogP contribution in [0.25, 0.3) is 0 Å². The van der Waals surface area contributed by atoms with Gasteiger partial charge in [-0.15, -0.1) is 0 Å². The third-order valence-electron chi connectivity index (χ3n) is 2.64. The number of nitrogens with one attached hydrogen (secondary N) is 2. The van der Waals surface area contributed by atoms with Gasteiger partial charge < -0.3 is 10.6 Å². The molecule has 0 saturated heterocycles. The molecule has 0 aliphatic heterocycles. The Balaban J connectivity index is 3.47. The first-order valence-corrected chi connectivity index (χ1v) is 7.97. The first-order valence-electron chi connectivity index (χ1n) is 6.58. The smallest absolute Gasteiger partial charge is 0.236 e. The van der Waals surface area contributed by atoms with Crippen LogP contribution in [0.2, 0.25) is 0 Å². The van der Waals surface area contributed by atoms with Gasteiger partial charge >= 0.3 is 0 Å². The second-order valence-electron chi connectivity index (χ2n) is 4.85. The highest BCUT2D eigenvalue weighted by Gasteiger charge is 2.10. The van der Waals surface area contributed by atoms with E-state index in [2.05, 4.69) is 30.7 Å². The van der Waals surface area contributed by atoms with Crippen molar-refractivity contribution in [2.75, 3.05) is 25.1 Å². The Morgan fingerprint density at radius 1 is 1.18 bits per heavy atom. The molecule has 1 atom stereocenters. The molecule has 17 heavy (non-hydrogen) atoms. The van der Waals surface area contributed by atoms with Gasteiger partial charge in [0.15, 0.2) is 0 Å². The predicted octanol–water partition coefficient (Wildman–Crippen LogP) is 2.27. The van der Waals surface area contributed by atoms with E-state index in [0.717, 1.165) is 25.9 Å². The van der Waals surface area contributed by atoms with Crippen molar-refractivity contribution in [3.05, 3.63) is 0 Å². The Morgan fingerprint density at radius 3 is 2.47 bits per heavy atom. The number of hydrogen-bond donors (Lipinski definition) is 2. The van der Waals surface area contributed by atoms with Gasteiger partial charge in [0.05, 0.1) is 6.04 Å². The van der Waals surface area contributed by atoms with E-state index in [1.54, 1.807) is 0 Å². The maximum atomic E-state index is 11.7. The van der Waals surface area contributed by atoms with Crippen molar-refractivity contribution in [3.63, 3.8) is 0 Å². The molecule has 0 aromatic carbocycles. The Morgan fingerprint density at radius 2 is 1.88 bits per heavy atom. The summed E-state index contributed by atoms with van der Waals surface area (Å²) in [6, 6.07) is -0.0727. The Labute approximate surface area is 111 Å². The van der Waals surface area contributed by atoms with Gasteiger partial charge in [-0.25, -0.2) is 0 Å². The maximum Gasteiger partial charge on any atom is 0.236 e. The van der Waals surface area contributed by atoms with Crippen molar-refractivity contribution in [1.29, 1.82) is 0 Å². The molecule has 2 N–H and O–H groups in total. The number of carbonyl (C=O) groups excluding carboxylic acids is 1. The van der Waals surface area contributed by atoms with Crippen LogP contribution in [0.4, 0.5) is 0 Å². The quantitative estimate of drug-likeness (QED) is 0.592. The van der Waals surface area contributed by atoms with Crippen LogP contribution in [-0.2, 0) is 4.79 Å². The summed E-state index contributed by atoms with van der Waals surface area (Å²) in [5.74, 6) is 1.97. The van der Waals surface area contributed by atoms with Crippen LogP contribution in [0, 0.1) is 5.92 Å². The summed E-state index contributed by atoms with van der Waals surface area (Å²) in [5.41, 5.74) is 0. The van der Waals surface area contributed by atoms with E-state index in [0.29, 0.717) is 5.92 Å². The summed E-state index contributed by atoms with van der Waals surface area (Å²) < 4.78 is 0. The third kappa shape index (κ3) is 10.6. The monoisotopic (exact) mass is 260 g/mol. The minimum atomic E-state index is -0.0727. The van der Waals surface area contributed by atoms with E-state index in [-0.39, 0.29) is 11.9 Å². The number of hydrogen-bond acceptors (Lipinski definition) is 3. The topological polar surface area (TPSA) is 41.1 Å². The molecule has 1 unspecified atom stereocenters. The molecule has 0 heterocycles. The molecule has 4 heteroatoms. The molecule has 0 aromatic rings. The zero-order chi connectivity index (χ0) is 13.1. The first kappa shape index (κ1) is 16.8. The SMILES string of the molecule is CSCCCCNC(C)C(=O)NCCC(C)C. The summed E-state index contributed by atoms with van der Waals surface area (Å²) in [4.78, 5) is 11.7. The molecule has 0 radical (unpaired) electrons. The highest BCUT2D eigenvalue weighted by atomic mass is 32.2. The van der Waals surface area contributed by atoms with Crippen LogP contribution in [0.15, 0.2) is 0 Å². The van der Waals surface area contributed by atoms with E-state index < -0.39 is 0 Å². The lowest BCUT2D eigenvalue weighted by atomic mass is 10.1. The number of thioether (sulfide) groups is 1. The number of unbranched alkanes of at least 4 members (excludes halogenated alkanes) is 1. The van der Waals surface area contributed by atoms with Crippen molar-refractivity contribution in [2.24, 2.45) is 5.92 Å². The second-order valence-corrected chi connectivity index (χ2v) is 5.83. The average Bonchev–Trinajstić information content (AvgIpc) is 2.27. The predicted molar refractivity (Wildman–Crippen MR) is 77.5 cm³/mol. The summed E-state index contributed by atoms with van der Waals surface area (Å²) in [7, 11) is 0. The molecule has 0 bridgehead atoms. The highest BCUT2D eigenvalue weighted by Crippen LogP contribution is 1.99. The van der Waals surface area contributed by atoms with Crippen LogP contribution in [0.1, 0.15) is 40.0 Å². The van der Waals surface area contributed by atoms with Gasteiger partial charge in [-0.1, -0.05) is 13.8 Å². The van der Waals surface area contributed by atoms with Gasteiger partial charge in [-0.2, -0.15) is 11.8 Å². The fourth-order valence-corrected chi connectivity index (χ4v) is 1.91. The van der Waals surface area contributed by atoms with E-state index in [4.69, 9.17) is 0 Å². The summed E-state index contributed by atoms with van der Waals surface area (Å²) in [6.07, 6.45) is 5.53. The molecule has 0 aliphatic carbocycles. The normalized spacial score (nSPS) is 12.8. The van der Waals surface area contributed by atoms with Crippen LogP contribution >= 0.6 is 11.8 Å². The molecular formula is C13H28N2OS. The van der Waals surface area contributed by atoms with E-state index >= 15 is 0 Å². The van der Waals surface area contributed by atoms with Gasteiger partial charge in [-0.05, 0) is 50.7 Å². The lowest BCUT2D eigenvalue weighted by Gasteiger charge is -2.14. The van der Waals surface area contributed by atoms with Gasteiger partial charge in [0.2, 0.25) is 5.91 Å². The Kier molecular flexibility index (Phi) is 10.8. The largest absolute Gasteiger partial charge is 0.355 e. The van der Waals surface area contributed by atoms with Crippen molar-refractivity contribution < 1.29 is 4.79 Å². The molecule has 3 nitrogen and oxygen atoms in total. The fraction of sp³-hybridized carbons (Fsp3) is 0.923. The Bertz CT molecular complexity index is 198. The molecule has 0 rings (SSSR count). The second kappa shape index (κ2) is 10.9. The molecule has 1 amide bonds. The van der Waals surface area contributed by atoms with Crippen molar-refractivity contribution in [2.45, 2.75) is 46.1 Å². The summed E-state index contributed by atoms with van der Waals surface area (Å²) in [6.45, 7) is 7.98. The summed E-state index contributed by atoms with van der Waals surface area (Å²) in [5, 5.41) is 6.22. The number of amides is 1. The highest BCUT2D eigenvalue weighted by molar-refractivity contribution is 7.98. The zero-order valence-electron chi connectivity index (χ0n) is 11.7. The van der Waals surface area contributed by atoms with E-state index in [1.807, 2.05) is 18.7 Å². The van der Waals surface area contributed by atoms with Crippen LogP contribution in [-0.4, -0.2) is 37.0 Å². The number of rotatable bonds is 10. The molecular weight excluding hydrogens is 232 g/mol. The Hall–Kier alpha value is -0.220. The lowest BCUT2D eigenvalue weighted by molar-refractivity contribution is -0.122. The third-order valence-corrected chi connectivity index (χ3v) is 3.34. The first-order chi connectivity index (χ1) is 8.07. The van der Waals surface area contributed by atoms with Crippen LogP contribution in [0.5, 0.6) is 0 Å². The average molecular weight is 260 g/mol.